The zero-order valence-corrected chi connectivity index (χ0v) is 10.8. The number of halogens is 2. The van der Waals surface area contributed by atoms with Gasteiger partial charge in [-0.1, -0.05) is 17.7 Å². The van der Waals surface area contributed by atoms with Gasteiger partial charge in [-0.05, 0) is 12.0 Å². The first kappa shape index (κ1) is 13.1. The smallest absolute Gasteiger partial charge is 0.294 e. The van der Waals surface area contributed by atoms with Gasteiger partial charge in [0.1, 0.15) is 5.69 Å². The lowest BCUT2D eigenvalue weighted by atomic mass is 10.1. The summed E-state index contributed by atoms with van der Waals surface area (Å²) in [6.45, 7) is 0.368. The average Bonchev–Trinajstić information content (AvgIpc) is 2.70. The Hall–Kier alpha value is -1.33. The van der Waals surface area contributed by atoms with Crippen molar-refractivity contribution >= 4 is 40.5 Å². The molecule has 1 atom stereocenters. The second kappa shape index (κ2) is 5.12. The molecule has 0 bridgehead atoms. The lowest BCUT2D eigenvalue weighted by Crippen LogP contribution is -2.25. The largest absolute Gasteiger partial charge is 0.305 e. The van der Waals surface area contributed by atoms with Crippen LogP contribution in [0.3, 0.4) is 0 Å². The van der Waals surface area contributed by atoms with Gasteiger partial charge < -0.3 is 4.90 Å². The highest BCUT2D eigenvalue weighted by atomic mass is 35.5. The van der Waals surface area contributed by atoms with E-state index in [-0.39, 0.29) is 28.2 Å². The Labute approximate surface area is 113 Å². The van der Waals surface area contributed by atoms with Crippen LogP contribution in [0.25, 0.3) is 0 Å². The van der Waals surface area contributed by atoms with Gasteiger partial charge in [0, 0.05) is 24.9 Å². The molecule has 1 saturated heterocycles. The van der Waals surface area contributed by atoms with Crippen LogP contribution in [0.2, 0.25) is 5.02 Å². The van der Waals surface area contributed by atoms with Crippen LogP contribution in [-0.2, 0) is 4.79 Å². The molecule has 18 heavy (non-hydrogen) atoms. The van der Waals surface area contributed by atoms with Crippen molar-refractivity contribution in [3.63, 3.8) is 0 Å². The summed E-state index contributed by atoms with van der Waals surface area (Å²) in [6.07, 6.45) is 0.297. The first-order valence-electron chi connectivity index (χ1n) is 5.33. The van der Waals surface area contributed by atoms with Crippen molar-refractivity contribution in [2.45, 2.75) is 6.42 Å². The lowest BCUT2D eigenvalue weighted by Gasteiger charge is -2.17. The van der Waals surface area contributed by atoms with Crippen LogP contribution in [0.4, 0.5) is 11.4 Å². The average molecular weight is 289 g/mol. The third kappa shape index (κ3) is 2.28. The molecule has 0 aromatic heterocycles. The van der Waals surface area contributed by atoms with Crippen LogP contribution in [0.5, 0.6) is 0 Å². The van der Waals surface area contributed by atoms with Crippen LogP contribution in [0.15, 0.2) is 18.2 Å². The van der Waals surface area contributed by atoms with E-state index in [1.54, 1.807) is 0 Å². The molecule has 96 valence electrons. The fraction of sp³-hybridized carbons (Fsp3) is 0.364. The molecule has 0 saturated carbocycles. The number of para-hydroxylation sites is 1. The molecule has 2 rings (SSSR count). The van der Waals surface area contributed by atoms with Crippen molar-refractivity contribution in [1.82, 2.24) is 0 Å². The van der Waals surface area contributed by atoms with Crippen LogP contribution in [0.1, 0.15) is 6.42 Å². The summed E-state index contributed by atoms with van der Waals surface area (Å²) in [5.41, 5.74) is 0.00727. The minimum atomic E-state index is -0.539. The molecule has 0 radical (unpaired) electrons. The summed E-state index contributed by atoms with van der Waals surface area (Å²) < 4.78 is 0. The van der Waals surface area contributed by atoms with Crippen molar-refractivity contribution in [3.8, 4) is 0 Å². The Balaban J connectivity index is 2.45. The molecule has 0 aliphatic carbocycles. The van der Waals surface area contributed by atoms with E-state index in [0.717, 1.165) is 0 Å². The fourth-order valence-corrected chi connectivity index (χ4v) is 2.50. The molecule has 1 amide bonds. The van der Waals surface area contributed by atoms with Crippen molar-refractivity contribution in [3.05, 3.63) is 33.3 Å². The number of carbonyl (C=O) groups is 1. The van der Waals surface area contributed by atoms with Gasteiger partial charge >= 0.3 is 0 Å². The highest BCUT2D eigenvalue weighted by Crippen LogP contribution is 2.38. The maximum Gasteiger partial charge on any atom is 0.294 e. The lowest BCUT2D eigenvalue weighted by molar-refractivity contribution is -0.384. The van der Waals surface area contributed by atoms with Crippen molar-refractivity contribution < 1.29 is 9.72 Å². The number of alkyl halides is 1. The molecular formula is C11H10Cl2N2O3. The van der Waals surface area contributed by atoms with E-state index >= 15 is 0 Å². The van der Waals surface area contributed by atoms with Crippen LogP contribution < -0.4 is 4.90 Å². The van der Waals surface area contributed by atoms with Gasteiger partial charge in [-0.3, -0.25) is 14.9 Å². The molecule has 7 heteroatoms. The predicted octanol–water partition coefficient (Wildman–Crippen LogP) is 2.84. The Bertz CT molecular complexity index is 507. The van der Waals surface area contributed by atoms with Gasteiger partial charge in [0.15, 0.2) is 0 Å². The van der Waals surface area contributed by atoms with Crippen molar-refractivity contribution in [2.75, 3.05) is 17.3 Å². The number of nitro benzene ring substituents is 1. The molecule has 1 aromatic carbocycles. The predicted molar refractivity (Wildman–Crippen MR) is 69.3 cm³/mol. The summed E-state index contributed by atoms with van der Waals surface area (Å²) in [4.78, 5) is 23.6. The number of nitrogens with zero attached hydrogens (tertiary/aromatic N) is 2. The molecule has 0 spiro atoms. The van der Waals surface area contributed by atoms with E-state index in [0.29, 0.717) is 18.8 Å². The molecule has 1 heterocycles. The minimum Gasteiger partial charge on any atom is -0.305 e. The molecular weight excluding hydrogens is 279 g/mol. The molecule has 1 unspecified atom stereocenters. The van der Waals surface area contributed by atoms with Crippen LogP contribution >= 0.6 is 23.2 Å². The Morgan fingerprint density at radius 3 is 2.78 bits per heavy atom. The minimum absolute atomic E-state index is 0.00930. The van der Waals surface area contributed by atoms with E-state index in [9.17, 15) is 14.9 Å². The van der Waals surface area contributed by atoms with Gasteiger partial charge in [0.2, 0.25) is 5.91 Å². The topological polar surface area (TPSA) is 63.5 Å². The Kier molecular flexibility index (Phi) is 3.73. The molecule has 1 aliphatic heterocycles. The van der Waals surface area contributed by atoms with Gasteiger partial charge in [0.05, 0.1) is 9.95 Å². The van der Waals surface area contributed by atoms with E-state index in [1.807, 2.05) is 0 Å². The van der Waals surface area contributed by atoms with Gasteiger partial charge in [-0.2, -0.15) is 0 Å². The first-order valence-corrected chi connectivity index (χ1v) is 6.25. The Morgan fingerprint density at radius 2 is 2.22 bits per heavy atom. The summed E-state index contributed by atoms with van der Waals surface area (Å²) >= 11 is 11.7. The molecule has 1 aliphatic rings. The standard InChI is InChI=1S/C11H10Cl2N2O3/c12-5-7-4-10(16)14(6-7)11-8(13)2-1-3-9(11)15(17)18/h1-3,7H,4-6H2. The molecule has 0 N–H and O–H groups in total. The van der Waals surface area contributed by atoms with Gasteiger partial charge in [0.25, 0.3) is 5.69 Å². The highest BCUT2D eigenvalue weighted by Gasteiger charge is 2.35. The maximum atomic E-state index is 11.9. The zero-order chi connectivity index (χ0) is 13.3. The number of amides is 1. The zero-order valence-electron chi connectivity index (χ0n) is 9.31. The summed E-state index contributed by atoms with van der Waals surface area (Å²) in [5.74, 6) is 0.174. The molecule has 1 aromatic rings. The number of anilines is 1. The number of carbonyl (C=O) groups excluding carboxylic acids is 1. The number of nitro groups is 1. The van der Waals surface area contributed by atoms with Crippen molar-refractivity contribution in [1.29, 1.82) is 0 Å². The second-order valence-electron chi connectivity index (χ2n) is 4.09. The van der Waals surface area contributed by atoms with E-state index in [4.69, 9.17) is 23.2 Å². The maximum absolute atomic E-state index is 11.9. The third-order valence-corrected chi connectivity index (χ3v) is 3.60. The SMILES string of the molecule is O=C1CC(CCl)CN1c1c(Cl)cccc1[N+](=O)[O-]. The van der Waals surface area contributed by atoms with E-state index in [1.165, 1.54) is 23.1 Å². The normalized spacial score (nSPS) is 19.3. The fourth-order valence-electron chi connectivity index (χ4n) is 2.02. The quantitative estimate of drug-likeness (QED) is 0.488. The molecule has 5 nitrogen and oxygen atoms in total. The number of hydrogen-bond donors (Lipinski definition) is 0. The van der Waals surface area contributed by atoms with Crippen LogP contribution in [-0.4, -0.2) is 23.3 Å². The number of rotatable bonds is 3. The number of hydrogen-bond acceptors (Lipinski definition) is 3. The van der Waals surface area contributed by atoms with Gasteiger partial charge in [-0.25, -0.2) is 0 Å². The monoisotopic (exact) mass is 288 g/mol. The third-order valence-electron chi connectivity index (χ3n) is 2.86. The summed E-state index contributed by atoms with van der Waals surface area (Å²) in [7, 11) is 0. The van der Waals surface area contributed by atoms with E-state index < -0.39 is 4.92 Å². The van der Waals surface area contributed by atoms with E-state index in [2.05, 4.69) is 0 Å². The molecule has 1 fully saturated rings. The van der Waals surface area contributed by atoms with Gasteiger partial charge in [-0.15, -0.1) is 11.6 Å². The van der Waals surface area contributed by atoms with Crippen molar-refractivity contribution in [2.24, 2.45) is 5.92 Å². The summed E-state index contributed by atoms with van der Waals surface area (Å²) in [6, 6.07) is 4.36. The highest BCUT2D eigenvalue weighted by molar-refractivity contribution is 6.34. The number of benzene rings is 1. The first-order chi connectivity index (χ1) is 8.54. The second-order valence-corrected chi connectivity index (χ2v) is 4.81. The summed E-state index contributed by atoms with van der Waals surface area (Å²) in [5, 5.41) is 11.2. The Morgan fingerprint density at radius 1 is 1.50 bits per heavy atom. The van der Waals surface area contributed by atoms with Crippen LogP contribution in [0, 0.1) is 16.0 Å².